The molecule has 31 heavy (non-hydrogen) atoms. The highest BCUT2D eigenvalue weighted by Crippen LogP contribution is 2.33. The van der Waals surface area contributed by atoms with Crippen molar-refractivity contribution in [1.82, 2.24) is 15.1 Å². The number of carbonyl (C=O) groups excluding carboxylic acids is 1. The molecule has 1 aliphatic rings. The summed E-state index contributed by atoms with van der Waals surface area (Å²) in [4.78, 5) is 26.1. The van der Waals surface area contributed by atoms with Gasteiger partial charge in [0.15, 0.2) is 0 Å². The lowest BCUT2D eigenvalue weighted by Crippen LogP contribution is -2.37. The molecule has 160 valence electrons. The van der Waals surface area contributed by atoms with Crippen LogP contribution in [0.25, 0.3) is 11.5 Å². The van der Waals surface area contributed by atoms with Crippen molar-refractivity contribution in [1.29, 1.82) is 0 Å². The number of halogens is 1. The number of thioether (sulfide) groups is 1. The molecule has 1 unspecified atom stereocenters. The standard InChI is InChI=1S/C21H19ClN4O4S/c1-13(31-16-10-8-15(9-11-16)26(28)29)21(27)25(14-6-7-14)12-19-23-24-20(30-19)17-4-2-3-5-18(17)22/h2-5,8-11,13-14H,6-7,12H2,1H3. The zero-order valence-corrected chi connectivity index (χ0v) is 18.2. The van der Waals surface area contributed by atoms with Gasteiger partial charge in [-0.15, -0.1) is 22.0 Å². The SMILES string of the molecule is CC(Sc1ccc([N+](=O)[O-])cc1)C(=O)N(Cc1nnc(-c2ccccc2Cl)o1)C1CC1. The minimum absolute atomic E-state index is 0.0219. The molecule has 3 aromatic rings. The molecule has 0 aliphatic heterocycles. The van der Waals surface area contributed by atoms with Gasteiger partial charge in [0.25, 0.3) is 5.69 Å². The summed E-state index contributed by atoms with van der Waals surface area (Å²) in [6, 6.07) is 13.5. The van der Waals surface area contributed by atoms with Gasteiger partial charge in [-0.3, -0.25) is 14.9 Å². The van der Waals surface area contributed by atoms with Gasteiger partial charge in [-0.25, -0.2) is 0 Å². The number of amides is 1. The van der Waals surface area contributed by atoms with E-state index in [2.05, 4.69) is 10.2 Å². The van der Waals surface area contributed by atoms with E-state index in [0.29, 0.717) is 22.4 Å². The van der Waals surface area contributed by atoms with Gasteiger partial charge in [-0.2, -0.15) is 0 Å². The van der Waals surface area contributed by atoms with Crippen LogP contribution < -0.4 is 0 Å². The summed E-state index contributed by atoms with van der Waals surface area (Å²) >= 11 is 7.56. The summed E-state index contributed by atoms with van der Waals surface area (Å²) in [5.74, 6) is 0.628. The van der Waals surface area contributed by atoms with Gasteiger partial charge in [-0.05, 0) is 44.0 Å². The monoisotopic (exact) mass is 458 g/mol. The van der Waals surface area contributed by atoms with Crippen molar-refractivity contribution in [2.75, 3.05) is 0 Å². The Labute approximate surface area is 187 Å². The molecule has 1 fully saturated rings. The first-order valence-corrected chi connectivity index (χ1v) is 11.0. The van der Waals surface area contributed by atoms with Crippen molar-refractivity contribution in [2.45, 2.75) is 42.5 Å². The van der Waals surface area contributed by atoms with E-state index in [0.717, 1.165) is 17.7 Å². The Morgan fingerprint density at radius 2 is 1.97 bits per heavy atom. The van der Waals surface area contributed by atoms with Crippen LogP contribution in [0.1, 0.15) is 25.7 Å². The summed E-state index contributed by atoms with van der Waals surface area (Å²) in [6.07, 6.45) is 1.87. The number of nitro groups is 1. The van der Waals surface area contributed by atoms with Crippen LogP contribution in [0.3, 0.4) is 0 Å². The molecule has 10 heteroatoms. The molecule has 0 bridgehead atoms. The predicted molar refractivity (Wildman–Crippen MR) is 117 cm³/mol. The number of carbonyl (C=O) groups is 1. The highest BCUT2D eigenvalue weighted by atomic mass is 35.5. The minimum Gasteiger partial charge on any atom is -0.419 e. The van der Waals surface area contributed by atoms with Crippen LogP contribution in [-0.2, 0) is 11.3 Å². The predicted octanol–water partition coefficient (Wildman–Crippen LogP) is 4.97. The van der Waals surface area contributed by atoms with Crippen LogP contribution in [0.5, 0.6) is 0 Å². The molecule has 1 saturated carbocycles. The lowest BCUT2D eigenvalue weighted by atomic mass is 10.2. The molecule has 1 aliphatic carbocycles. The second kappa shape index (κ2) is 9.07. The fraction of sp³-hybridized carbons (Fsp3) is 0.286. The first-order chi connectivity index (χ1) is 14.9. The number of non-ortho nitro benzene ring substituents is 1. The lowest BCUT2D eigenvalue weighted by Gasteiger charge is -2.24. The molecule has 1 amide bonds. The first-order valence-electron chi connectivity index (χ1n) is 9.71. The van der Waals surface area contributed by atoms with Crippen molar-refractivity contribution >= 4 is 35.0 Å². The van der Waals surface area contributed by atoms with Crippen LogP contribution in [0.4, 0.5) is 5.69 Å². The summed E-state index contributed by atoms with van der Waals surface area (Å²) in [7, 11) is 0. The van der Waals surface area contributed by atoms with Crippen molar-refractivity contribution in [3.8, 4) is 11.5 Å². The summed E-state index contributed by atoms with van der Waals surface area (Å²) < 4.78 is 5.77. The molecular formula is C21H19ClN4O4S. The molecule has 8 nitrogen and oxygen atoms in total. The lowest BCUT2D eigenvalue weighted by molar-refractivity contribution is -0.384. The number of aromatic nitrogens is 2. The van der Waals surface area contributed by atoms with Crippen molar-refractivity contribution < 1.29 is 14.1 Å². The third kappa shape index (κ3) is 5.05. The molecule has 1 aromatic heterocycles. The maximum atomic E-state index is 13.1. The molecule has 2 aromatic carbocycles. The quantitative estimate of drug-likeness (QED) is 0.266. The van der Waals surface area contributed by atoms with E-state index in [-0.39, 0.29) is 29.4 Å². The minimum atomic E-state index is -0.445. The number of rotatable bonds is 8. The zero-order chi connectivity index (χ0) is 22.0. The van der Waals surface area contributed by atoms with Gasteiger partial charge < -0.3 is 9.32 Å². The molecule has 0 saturated heterocycles. The Morgan fingerprint density at radius 1 is 1.26 bits per heavy atom. The Balaban J connectivity index is 1.44. The zero-order valence-electron chi connectivity index (χ0n) is 16.6. The topological polar surface area (TPSA) is 102 Å². The molecule has 4 rings (SSSR count). The van der Waals surface area contributed by atoms with E-state index in [4.69, 9.17) is 16.0 Å². The summed E-state index contributed by atoms with van der Waals surface area (Å²) in [6.45, 7) is 2.05. The third-order valence-corrected chi connectivity index (χ3v) is 6.28. The van der Waals surface area contributed by atoms with Gasteiger partial charge in [0.1, 0.15) is 0 Å². The Kier molecular flexibility index (Phi) is 6.24. The highest BCUT2D eigenvalue weighted by Gasteiger charge is 2.36. The largest absolute Gasteiger partial charge is 0.419 e. The average Bonchev–Trinajstić information content (AvgIpc) is 3.50. The van der Waals surface area contributed by atoms with Crippen LogP contribution >= 0.6 is 23.4 Å². The van der Waals surface area contributed by atoms with Gasteiger partial charge in [0.05, 0.1) is 27.3 Å². The summed E-state index contributed by atoms with van der Waals surface area (Å²) in [5, 5.41) is 19.1. The van der Waals surface area contributed by atoms with Gasteiger partial charge in [0.2, 0.25) is 17.7 Å². The fourth-order valence-corrected chi connectivity index (χ4v) is 4.27. The number of nitrogens with zero attached hydrogens (tertiary/aromatic N) is 4. The van der Waals surface area contributed by atoms with Crippen LogP contribution in [0.15, 0.2) is 57.8 Å². The Morgan fingerprint density at radius 3 is 2.61 bits per heavy atom. The average molecular weight is 459 g/mol. The van der Waals surface area contributed by atoms with E-state index < -0.39 is 4.92 Å². The van der Waals surface area contributed by atoms with E-state index in [1.54, 1.807) is 29.2 Å². The van der Waals surface area contributed by atoms with Gasteiger partial charge in [-0.1, -0.05) is 23.7 Å². The number of hydrogen-bond donors (Lipinski definition) is 0. The Hall–Kier alpha value is -2.91. The van der Waals surface area contributed by atoms with Crippen LogP contribution in [0, 0.1) is 10.1 Å². The maximum absolute atomic E-state index is 13.1. The normalized spacial score (nSPS) is 14.3. The smallest absolute Gasteiger partial charge is 0.269 e. The fourth-order valence-electron chi connectivity index (χ4n) is 3.11. The van der Waals surface area contributed by atoms with E-state index in [1.807, 2.05) is 19.1 Å². The second-order valence-corrected chi connectivity index (χ2v) is 9.01. The second-order valence-electron chi connectivity index (χ2n) is 7.19. The van der Waals surface area contributed by atoms with Crippen LogP contribution in [0.2, 0.25) is 5.02 Å². The molecule has 0 N–H and O–H groups in total. The van der Waals surface area contributed by atoms with Crippen molar-refractivity contribution in [3.05, 3.63) is 69.6 Å². The van der Waals surface area contributed by atoms with E-state index in [1.165, 1.54) is 23.9 Å². The molecule has 0 radical (unpaired) electrons. The van der Waals surface area contributed by atoms with Crippen molar-refractivity contribution in [3.63, 3.8) is 0 Å². The Bertz CT molecular complexity index is 1100. The van der Waals surface area contributed by atoms with E-state index >= 15 is 0 Å². The number of nitro benzene ring substituents is 1. The molecule has 1 atom stereocenters. The molecule has 1 heterocycles. The molecule has 0 spiro atoms. The number of benzene rings is 2. The first kappa shape index (κ1) is 21.3. The molecular weight excluding hydrogens is 440 g/mol. The van der Waals surface area contributed by atoms with E-state index in [9.17, 15) is 14.9 Å². The third-order valence-electron chi connectivity index (χ3n) is 4.86. The maximum Gasteiger partial charge on any atom is 0.269 e. The number of hydrogen-bond acceptors (Lipinski definition) is 7. The summed E-state index contributed by atoms with van der Waals surface area (Å²) in [5.41, 5.74) is 0.669. The van der Waals surface area contributed by atoms with Gasteiger partial charge in [0, 0.05) is 23.1 Å². The van der Waals surface area contributed by atoms with Crippen LogP contribution in [-0.4, -0.2) is 37.2 Å². The van der Waals surface area contributed by atoms with Crippen molar-refractivity contribution in [2.24, 2.45) is 0 Å². The highest BCUT2D eigenvalue weighted by molar-refractivity contribution is 8.00. The van der Waals surface area contributed by atoms with Gasteiger partial charge >= 0.3 is 0 Å².